The Morgan fingerprint density at radius 1 is 1.25 bits per heavy atom. The third kappa shape index (κ3) is 5.43. The van der Waals surface area contributed by atoms with Crippen molar-refractivity contribution in [2.24, 2.45) is 16.6 Å². The quantitative estimate of drug-likeness (QED) is 0.163. The number of aliphatic hydroxyl groups excluding tert-OH is 1. The number of aliphatic imine (C=N–C) groups is 1. The van der Waals surface area contributed by atoms with E-state index in [4.69, 9.17) is 16.7 Å². The van der Waals surface area contributed by atoms with Crippen molar-refractivity contribution < 1.29 is 5.11 Å². The van der Waals surface area contributed by atoms with E-state index in [1.807, 2.05) is 6.08 Å². The van der Waals surface area contributed by atoms with Crippen LogP contribution < -0.4 is 17.0 Å². The lowest BCUT2D eigenvalue weighted by molar-refractivity contribution is 0.134. The van der Waals surface area contributed by atoms with Crippen molar-refractivity contribution in [1.82, 2.24) is 15.2 Å². The topological polar surface area (TPSA) is 103 Å². The third-order valence-electron chi connectivity index (χ3n) is 3.04. The Labute approximate surface area is 119 Å². The standard InChI is InChI=1S/C13H24N6O/c1-11(3-4-13(17-15)16-12(2)14)19-7-5-18(6-8-19)9-10-20/h3-4,20H,1-2,5-10,14-15H2,(H,16,17)/b4-3-. The number of nitrogens with one attached hydrogen (secondary N) is 1. The fourth-order valence-electron chi connectivity index (χ4n) is 1.95. The predicted molar refractivity (Wildman–Crippen MR) is 81.5 cm³/mol. The molecule has 0 aromatic rings. The molecule has 0 aromatic heterocycles. The molecule has 7 nitrogen and oxygen atoms in total. The number of rotatable bonds is 6. The van der Waals surface area contributed by atoms with Crippen molar-refractivity contribution in [3.05, 3.63) is 36.8 Å². The summed E-state index contributed by atoms with van der Waals surface area (Å²) < 4.78 is 0. The van der Waals surface area contributed by atoms with Gasteiger partial charge in [0.05, 0.1) is 6.61 Å². The smallest absolute Gasteiger partial charge is 0.142 e. The van der Waals surface area contributed by atoms with Crippen molar-refractivity contribution >= 4 is 5.84 Å². The average molecular weight is 280 g/mol. The van der Waals surface area contributed by atoms with Crippen LogP contribution in [0.25, 0.3) is 0 Å². The highest BCUT2D eigenvalue weighted by Gasteiger charge is 2.16. The maximum absolute atomic E-state index is 8.90. The zero-order chi connectivity index (χ0) is 15.0. The molecule has 112 valence electrons. The van der Waals surface area contributed by atoms with Crippen LogP contribution in [0.5, 0.6) is 0 Å². The normalized spacial score (nSPS) is 17.5. The second-order valence-electron chi connectivity index (χ2n) is 4.51. The molecule has 0 atom stereocenters. The highest BCUT2D eigenvalue weighted by atomic mass is 16.3. The molecule has 0 saturated carbocycles. The molecule has 1 rings (SSSR count). The SMILES string of the molecule is C=C(N)N=C(/C=C\C(=C)N1CCN(CCO)CC1)NN. The summed E-state index contributed by atoms with van der Waals surface area (Å²) in [5.41, 5.74) is 8.72. The van der Waals surface area contributed by atoms with Crippen LogP contribution in [0, 0.1) is 0 Å². The highest BCUT2D eigenvalue weighted by Crippen LogP contribution is 2.08. The Morgan fingerprint density at radius 2 is 1.90 bits per heavy atom. The first-order valence-corrected chi connectivity index (χ1v) is 6.51. The van der Waals surface area contributed by atoms with Gasteiger partial charge in [-0.05, 0) is 12.2 Å². The molecule has 0 spiro atoms. The van der Waals surface area contributed by atoms with Gasteiger partial charge in [0.15, 0.2) is 0 Å². The molecular formula is C13H24N6O. The number of hydrogen-bond donors (Lipinski definition) is 4. The van der Waals surface area contributed by atoms with Crippen molar-refractivity contribution in [3.63, 3.8) is 0 Å². The first-order chi connectivity index (χ1) is 9.56. The number of aliphatic hydroxyl groups is 1. The molecule has 7 heteroatoms. The van der Waals surface area contributed by atoms with E-state index in [0.717, 1.165) is 38.4 Å². The second-order valence-corrected chi connectivity index (χ2v) is 4.51. The summed E-state index contributed by atoms with van der Waals surface area (Å²) in [7, 11) is 0. The number of allylic oxidation sites excluding steroid dienone is 1. The molecular weight excluding hydrogens is 256 g/mol. The first-order valence-electron chi connectivity index (χ1n) is 6.51. The molecule has 6 N–H and O–H groups in total. The Kier molecular flexibility index (Phi) is 6.78. The van der Waals surface area contributed by atoms with Gasteiger partial charge in [-0.25, -0.2) is 10.8 Å². The van der Waals surface area contributed by atoms with E-state index in [2.05, 4.69) is 33.4 Å². The van der Waals surface area contributed by atoms with E-state index in [9.17, 15) is 0 Å². The van der Waals surface area contributed by atoms with E-state index in [0.29, 0.717) is 5.84 Å². The summed E-state index contributed by atoms with van der Waals surface area (Å²) in [6.45, 7) is 12.0. The zero-order valence-corrected chi connectivity index (χ0v) is 11.8. The Hall–Kier alpha value is -1.83. The maximum atomic E-state index is 8.90. The van der Waals surface area contributed by atoms with Crippen molar-refractivity contribution in [1.29, 1.82) is 0 Å². The molecule has 0 aromatic carbocycles. The van der Waals surface area contributed by atoms with Crippen LogP contribution >= 0.6 is 0 Å². The Bertz CT molecular complexity index is 396. The lowest BCUT2D eigenvalue weighted by Gasteiger charge is -2.36. The molecule has 0 unspecified atom stereocenters. The summed E-state index contributed by atoms with van der Waals surface area (Å²) in [4.78, 5) is 8.33. The van der Waals surface area contributed by atoms with Gasteiger partial charge in [-0.3, -0.25) is 4.90 Å². The summed E-state index contributed by atoms with van der Waals surface area (Å²) in [5.74, 6) is 5.95. The van der Waals surface area contributed by atoms with Gasteiger partial charge in [-0.2, -0.15) is 0 Å². The summed E-state index contributed by atoms with van der Waals surface area (Å²) in [5, 5.41) is 8.90. The molecule has 1 heterocycles. The van der Waals surface area contributed by atoms with E-state index >= 15 is 0 Å². The Morgan fingerprint density at radius 3 is 2.40 bits per heavy atom. The summed E-state index contributed by atoms with van der Waals surface area (Å²) in [6.07, 6.45) is 3.55. The number of β-amino-alcohol motifs (C(OH)–C–C–N with tert-alkyl or cyclic N) is 1. The minimum absolute atomic E-state index is 0.186. The Balaban J connectivity index is 2.49. The van der Waals surface area contributed by atoms with Gasteiger partial charge in [-0.15, -0.1) is 0 Å². The minimum atomic E-state index is 0.186. The molecule has 1 fully saturated rings. The van der Waals surface area contributed by atoms with Crippen molar-refractivity contribution in [2.75, 3.05) is 39.3 Å². The zero-order valence-electron chi connectivity index (χ0n) is 11.8. The fourth-order valence-corrected chi connectivity index (χ4v) is 1.95. The predicted octanol–water partition coefficient (Wildman–Crippen LogP) is -1.04. The number of hydrogen-bond acceptors (Lipinski definition) is 6. The fraction of sp³-hybridized carbons (Fsp3) is 0.462. The lowest BCUT2D eigenvalue weighted by atomic mass is 10.2. The molecule has 1 saturated heterocycles. The number of nitrogens with two attached hydrogens (primary N) is 2. The van der Waals surface area contributed by atoms with Crippen LogP contribution in [0.3, 0.4) is 0 Å². The van der Waals surface area contributed by atoms with Gasteiger partial charge in [0.1, 0.15) is 11.7 Å². The van der Waals surface area contributed by atoms with Gasteiger partial charge >= 0.3 is 0 Å². The third-order valence-corrected chi connectivity index (χ3v) is 3.04. The molecule has 0 radical (unpaired) electrons. The molecule has 0 aliphatic carbocycles. The van der Waals surface area contributed by atoms with Crippen molar-refractivity contribution in [2.45, 2.75) is 0 Å². The monoisotopic (exact) mass is 280 g/mol. The van der Waals surface area contributed by atoms with E-state index in [-0.39, 0.29) is 12.4 Å². The van der Waals surface area contributed by atoms with Gasteiger partial charge in [0.25, 0.3) is 0 Å². The number of piperazine rings is 1. The first kappa shape index (κ1) is 16.2. The number of nitrogens with zero attached hydrogens (tertiary/aromatic N) is 3. The number of hydrazine groups is 1. The highest BCUT2D eigenvalue weighted by molar-refractivity contribution is 5.93. The van der Waals surface area contributed by atoms with Gasteiger partial charge in [0, 0.05) is 38.4 Å². The lowest BCUT2D eigenvalue weighted by Crippen LogP contribution is -2.46. The van der Waals surface area contributed by atoms with Crippen LogP contribution in [-0.2, 0) is 0 Å². The van der Waals surface area contributed by atoms with Crippen molar-refractivity contribution in [3.8, 4) is 0 Å². The van der Waals surface area contributed by atoms with Crippen LogP contribution in [0.4, 0.5) is 0 Å². The van der Waals surface area contributed by atoms with E-state index in [1.54, 1.807) is 6.08 Å². The molecule has 0 amide bonds. The van der Waals surface area contributed by atoms with Crippen LogP contribution in [0.15, 0.2) is 41.8 Å². The summed E-state index contributed by atoms with van der Waals surface area (Å²) >= 11 is 0. The molecule has 1 aliphatic heterocycles. The van der Waals surface area contributed by atoms with Gasteiger partial charge in [-0.1, -0.05) is 13.2 Å². The molecule has 1 aliphatic rings. The van der Waals surface area contributed by atoms with Crippen LogP contribution in [0.1, 0.15) is 0 Å². The average Bonchev–Trinajstić information content (AvgIpc) is 2.44. The van der Waals surface area contributed by atoms with E-state index < -0.39 is 0 Å². The van der Waals surface area contributed by atoms with Crippen LogP contribution in [-0.4, -0.2) is 60.1 Å². The van der Waals surface area contributed by atoms with Gasteiger partial charge < -0.3 is 21.2 Å². The molecule has 20 heavy (non-hydrogen) atoms. The van der Waals surface area contributed by atoms with E-state index in [1.165, 1.54) is 0 Å². The number of amidine groups is 1. The second kappa shape index (κ2) is 8.36. The van der Waals surface area contributed by atoms with Crippen LogP contribution in [0.2, 0.25) is 0 Å². The minimum Gasteiger partial charge on any atom is -0.395 e. The molecule has 0 bridgehead atoms. The summed E-state index contributed by atoms with van der Waals surface area (Å²) in [6, 6.07) is 0. The largest absolute Gasteiger partial charge is 0.395 e. The van der Waals surface area contributed by atoms with Gasteiger partial charge in [0.2, 0.25) is 0 Å². The maximum Gasteiger partial charge on any atom is 0.142 e.